The molecule has 4 aromatic rings. The molecule has 2 heterocycles. The molecule has 9 heteroatoms. The third-order valence-electron chi connectivity index (χ3n) is 5.59. The Morgan fingerprint density at radius 3 is 2.69 bits per heavy atom. The average Bonchev–Trinajstić information content (AvgIpc) is 2.87. The van der Waals surface area contributed by atoms with Crippen LogP contribution in [0.1, 0.15) is 32.6 Å². The summed E-state index contributed by atoms with van der Waals surface area (Å²) in [4.78, 5) is 28.7. The quantitative estimate of drug-likeness (QED) is 0.248. The Labute approximate surface area is 211 Å². The second-order valence-electron chi connectivity index (χ2n) is 8.24. The van der Waals surface area contributed by atoms with E-state index in [9.17, 15) is 14.0 Å². The summed E-state index contributed by atoms with van der Waals surface area (Å²) in [5.41, 5.74) is 8.83. The zero-order chi connectivity index (χ0) is 25.7. The number of amides is 1. The lowest BCUT2D eigenvalue weighted by atomic mass is 10.0. The molecule has 2 aromatic heterocycles. The molecular weight excluding hydrogens is 481 g/mol. The van der Waals surface area contributed by atoms with E-state index in [1.165, 1.54) is 22.9 Å². The van der Waals surface area contributed by atoms with Crippen molar-refractivity contribution in [1.82, 2.24) is 14.9 Å². The molecule has 0 spiro atoms. The van der Waals surface area contributed by atoms with Crippen molar-refractivity contribution in [2.75, 3.05) is 12.3 Å². The number of nitrogen functional groups attached to an aromatic ring is 1. The van der Waals surface area contributed by atoms with Crippen molar-refractivity contribution in [1.29, 1.82) is 5.41 Å². The van der Waals surface area contributed by atoms with Gasteiger partial charge in [0.05, 0.1) is 24.4 Å². The van der Waals surface area contributed by atoms with Crippen LogP contribution in [0, 0.1) is 11.2 Å². The average molecular weight is 504 g/mol. The number of nitrogens with one attached hydrogen (secondary N) is 2. The van der Waals surface area contributed by atoms with Crippen molar-refractivity contribution >= 4 is 28.9 Å². The highest BCUT2D eigenvalue weighted by Gasteiger charge is 2.12. The van der Waals surface area contributed by atoms with E-state index in [-0.39, 0.29) is 24.4 Å². The summed E-state index contributed by atoms with van der Waals surface area (Å²) in [6, 6.07) is 16.2. The van der Waals surface area contributed by atoms with Crippen LogP contribution < -0.4 is 16.6 Å². The minimum absolute atomic E-state index is 0.0369. The summed E-state index contributed by atoms with van der Waals surface area (Å²) in [6.07, 6.45) is 5.02. The highest BCUT2D eigenvalue weighted by atomic mass is 35.5. The lowest BCUT2D eigenvalue weighted by Crippen LogP contribution is -2.30. The lowest BCUT2D eigenvalue weighted by Gasteiger charge is -2.11. The second kappa shape index (κ2) is 11.0. The van der Waals surface area contributed by atoms with Crippen LogP contribution in [-0.4, -0.2) is 27.7 Å². The number of benzene rings is 2. The molecule has 1 amide bonds. The Morgan fingerprint density at radius 2 is 1.92 bits per heavy atom. The van der Waals surface area contributed by atoms with Gasteiger partial charge in [-0.15, -0.1) is 0 Å². The van der Waals surface area contributed by atoms with E-state index in [0.29, 0.717) is 39.4 Å². The largest absolute Gasteiger partial charge is 0.398 e. The van der Waals surface area contributed by atoms with Crippen molar-refractivity contribution in [3.05, 3.63) is 128 Å². The maximum absolute atomic E-state index is 14.7. The van der Waals surface area contributed by atoms with Crippen molar-refractivity contribution < 1.29 is 9.18 Å². The number of nitrogens with zero attached hydrogens (tertiary/aromatic N) is 2. The molecule has 36 heavy (non-hydrogen) atoms. The molecule has 0 fully saturated rings. The minimum Gasteiger partial charge on any atom is -0.398 e. The smallest absolute Gasteiger partial charge is 0.253 e. The van der Waals surface area contributed by atoms with Crippen LogP contribution in [0.15, 0.2) is 84.0 Å². The lowest BCUT2D eigenvalue weighted by molar-refractivity contribution is 0.0959. The number of pyridine rings is 2. The van der Waals surface area contributed by atoms with Gasteiger partial charge in [0, 0.05) is 46.5 Å². The molecule has 4 N–H and O–H groups in total. The van der Waals surface area contributed by atoms with Crippen LogP contribution >= 0.6 is 11.6 Å². The van der Waals surface area contributed by atoms with Gasteiger partial charge in [-0.05, 0) is 53.9 Å². The summed E-state index contributed by atoms with van der Waals surface area (Å²) >= 11 is 5.98. The van der Waals surface area contributed by atoms with Crippen LogP contribution in [0.3, 0.4) is 0 Å². The molecule has 0 atom stereocenters. The van der Waals surface area contributed by atoms with E-state index in [1.54, 1.807) is 60.9 Å². The number of anilines is 1. The molecule has 2 aromatic carbocycles. The van der Waals surface area contributed by atoms with E-state index in [1.807, 2.05) is 0 Å². The molecule has 7 nitrogen and oxygen atoms in total. The fourth-order valence-corrected chi connectivity index (χ4v) is 3.88. The first kappa shape index (κ1) is 24.8. The van der Waals surface area contributed by atoms with Crippen molar-refractivity contribution in [3.63, 3.8) is 0 Å². The maximum atomic E-state index is 14.7. The number of halogens is 2. The summed E-state index contributed by atoms with van der Waals surface area (Å²) in [5, 5.41) is 11.3. The topological polar surface area (TPSA) is 114 Å². The number of nitrogens with two attached hydrogens (primary N) is 1. The van der Waals surface area contributed by atoms with Gasteiger partial charge in [-0.25, -0.2) is 4.39 Å². The van der Waals surface area contributed by atoms with Crippen LogP contribution in [-0.2, 0) is 13.0 Å². The highest BCUT2D eigenvalue weighted by Crippen LogP contribution is 2.19. The third kappa shape index (κ3) is 6.03. The second-order valence-corrected chi connectivity index (χ2v) is 8.68. The predicted octanol–water partition coefficient (Wildman–Crippen LogP) is 4.05. The van der Waals surface area contributed by atoms with Crippen LogP contribution in [0.5, 0.6) is 0 Å². The number of rotatable bonds is 8. The van der Waals surface area contributed by atoms with Gasteiger partial charge in [-0.2, -0.15) is 0 Å². The molecular formula is C27H23ClFN5O2. The van der Waals surface area contributed by atoms with Gasteiger partial charge >= 0.3 is 0 Å². The summed E-state index contributed by atoms with van der Waals surface area (Å²) in [5.74, 6) is -0.812. The van der Waals surface area contributed by atoms with Gasteiger partial charge in [0.15, 0.2) is 0 Å². The highest BCUT2D eigenvalue weighted by molar-refractivity contribution is 6.31. The molecule has 0 saturated heterocycles. The monoisotopic (exact) mass is 503 g/mol. The van der Waals surface area contributed by atoms with E-state index in [0.717, 1.165) is 5.56 Å². The molecule has 4 rings (SSSR count). The normalized spacial score (nSPS) is 10.7. The van der Waals surface area contributed by atoms with Crippen molar-refractivity contribution in [2.24, 2.45) is 0 Å². The zero-order valence-electron chi connectivity index (χ0n) is 19.2. The third-order valence-corrected chi connectivity index (χ3v) is 5.82. The van der Waals surface area contributed by atoms with Crippen molar-refractivity contribution in [2.45, 2.75) is 13.0 Å². The summed E-state index contributed by atoms with van der Waals surface area (Å²) in [7, 11) is 0. The van der Waals surface area contributed by atoms with Gasteiger partial charge in [0.25, 0.3) is 11.5 Å². The molecule has 0 unspecified atom stereocenters. The van der Waals surface area contributed by atoms with Crippen LogP contribution in [0.4, 0.5) is 10.1 Å². The van der Waals surface area contributed by atoms with Gasteiger partial charge in [-0.3, -0.25) is 14.6 Å². The predicted molar refractivity (Wildman–Crippen MR) is 138 cm³/mol. The zero-order valence-corrected chi connectivity index (χ0v) is 19.9. The number of carbonyl (C=O) groups is 1. The summed E-state index contributed by atoms with van der Waals surface area (Å²) in [6.45, 7) is 0.101. The number of hydrogen-bond acceptors (Lipinski definition) is 5. The van der Waals surface area contributed by atoms with Crippen LogP contribution in [0.25, 0.3) is 0 Å². The molecule has 0 bridgehead atoms. The SMILES string of the molecule is N=C(CNC(=O)c1cncc(Cc2ccc(Cn3ccccc3=O)c(F)c2)c1)c1cc(Cl)ccc1N. The van der Waals surface area contributed by atoms with Gasteiger partial charge in [0.2, 0.25) is 0 Å². The molecule has 0 radical (unpaired) electrons. The Kier molecular flexibility index (Phi) is 7.56. The molecule has 182 valence electrons. The molecule has 0 aliphatic carbocycles. The first-order chi connectivity index (χ1) is 17.3. The van der Waals surface area contributed by atoms with E-state index in [2.05, 4.69) is 10.3 Å². The number of aromatic nitrogens is 2. The van der Waals surface area contributed by atoms with Crippen molar-refractivity contribution in [3.8, 4) is 0 Å². The number of hydrogen-bond donors (Lipinski definition) is 3. The Morgan fingerprint density at radius 1 is 1.08 bits per heavy atom. The van der Waals surface area contributed by atoms with E-state index < -0.39 is 11.7 Å². The Bertz CT molecular complexity index is 1500. The molecule has 0 saturated carbocycles. The Balaban J connectivity index is 1.41. The fourth-order valence-electron chi connectivity index (χ4n) is 3.70. The molecule has 0 aliphatic heterocycles. The van der Waals surface area contributed by atoms with Gasteiger partial charge in [0.1, 0.15) is 5.82 Å². The standard InChI is InChI=1S/C27H23ClFN5O2/c28-21-6-7-24(30)22(12-21)25(31)15-33-27(36)20-10-18(13-32-14-20)9-17-4-5-19(23(29)11-17)16-34-8-2-1-3-26(34)35/h1-8,10-14,31H,9,15-16,30H2,(H,33,36). The van der Waals surface area contributed by atoms with E-state index in [4.69, 9.17) is 22.7 Å². The first-order valence-corrected chi connectivity index (χ1v) is 11.5. The summed E-state index contributed by atoms with van der Waals surface area (Å²) < 4.78 is 16.1. The fraction of sp³-hybridized carbons (Fsp3) is 0.111. The first-order valence-electron chi connectivity index (χ1n) is 11.1. The van der Waals surface area contributed by atoms with Crippen LogP contribution in [0.2, 0.25) is 5.02 Å². The minimum atomic E-state index is -0.413. The van der Waals surface area contributed by atoms with E-state index >= 15 is 0 Å². The molecule has 0 aliphatic rings. The van der Waals surface area contributed by atoms with Gasteiger partial charge < -0.3 is 21.0 Å². The van der Waals surface area contributed by atoms with Gasteiger partial charge in [-0.1, -0.05) is 29.8 Å². The Hall–Kier alpha value is -4.30. The number of carbonyl (C=O) groups excluding carboxylic acids is 1. The maximum Gasteiger partial charge on any atom is 0.253 e.